The van der Waals surface area contributed by atoms with E-state index in [0.29, 0.717) is 24.5 Å². The first-order valence-corrected chi connectivity index (χ1v) is 9.58. The lowest BCUT2D eigenvalue weighted by molar-refractivity contribution is -0.151. The number of carbonyl (C=O) groups is 1. The van der Waals surface area contributed by atoms with Crippen LogP contribution < -0.4 is 0 Å². The van der Waals surface area contributed by atoms with Gasteiger partial charge in [-0.15, -0.1) is 0 Å². The molecule has 0 saturated carbocycles. The van der Waals surface area contributed by atoms with Crippen LogP contribution >= 0.6 is 0 Å². The summed E-state index contributed by atoms with van der Waals surface area (Å²) in [6.07, 6.45) is -0.438. The Balaban J connectivity index is 1.61. The number of rotatable bonds is 8. The number of hydrogen-bond donors (Lipinski definition) is 1. The third kappa shape index (κ3) is 4.07. The van der Waals surface area contributed by atoms with Crippen molar-refractivity contribution in [1.82, 2.24) is 9.78 Å². The third-order valence-corrected chi connectivity index (χ3v) is 4.80. The number of furan rings is 1. The average molecular weight is 390 g/mol. The van der Waals surface area contributed by atoms with E-state index in [-0.39, 0.29) is 6.61 Å². The van der Waals surface area contributed by atoms with Crippen molar-refractivity contribution in [2.24, 2.45) is 0 Å². The minimum Gasteiger partial charge on any atom is -0.479 e. The standard InChI is InChI=1S/C23H22N2O4/c1-2-20(23(26)27)28-15-17-12-13-21(29-17)22-18-10-6-7-11-19(18)25(24-22)14-16-8-4-3-5-9-16/h3-13,20H,2,14-15H2,1H3,(H,26,27). The Morgan fingerprint density at radius 2 is 1.86 bits per heavy atom. The lowest BCUT2D eigenvalue weighted by Crippen LogP contribution is -2.22. The van der Waals surface area contributed by atoms with Gasteiger partial charge in [0.2, 0.25) is 0 Å². The van der Waals surface area contributed by atoms with E-state index in [1.165, 1.54) is 5.56 Å². The zero-order chi connectivity index (χ0) is 20.2. The summed E-state index contributed by atoms with van der Waals surface area (Å²) in [5, 5.41) is 14.9. The fourth-order valence-electron chi connectivity index (χ4n) is 3.32. The predicted octanol–water partition coefficient (Wildman–Crippen LogP) is 4.72. The first-order chi connectivity index (χ1) is 14.2. The van der Waals surface area contributed by atoms with Crippen molar-refractivity contribution in [2.45, 2.75) is 32.6 Å². The first-order valence-electron chi connectivity index (χ1n) is 9.58. The minimum absolute atomic E-state index is 0.105. The van der Waals surface area contributed by atoms with Gasteiger partial charge in [-0.05, 0) is 30.2 Å². The van der Waals surface area contributed by atoms with Gasteiger partial charge in [0.05, 0.1) is 12.1 Å². The molecule has 1 N–H and O–H groups in total. The molecule has 0 aliphatic rings. The summed E-state index contributed by atoms with van der Waals surface area (Å²) in [7, 11) is 0. The Morgan fingerprint density at radius 1 is 1.10 bits per heavy atom. The van der Waals surface area contributed by atoms with Crippen LogP contribution in [0.1, 0.15) is 24.7 Å². The molecule has 1 unspecified atom stereocenters. The van der Waals surface area contributed by atoms with Crippen molar-refractivity contribution in [3.05, 3.63) is 78.1 Å². The van der Waals surface area contributed by atoms with Gasteiger partial charge in [-0.2, -0.15) is 5.10 Å². The van der Waals surface area contributed by atoms with Crippen LogP contribution in [0.4, 0.5) is 0 Å². The number of hydrogen-bond acceptors (Lipinski definition) is 4. The normalized spacial score (nSPS) is 12.3. The Bertz CT molecular complexity index is 1110. The van der Waals surface area contributed by atoms with Gasteiger partial charge in [-0.25, -0.2) is 4.79 Å². The molecule has 0 fully saturated rings. The van der Waals surface area contributed by atoms with Gasteiger partial charge in [0, 0.05) is 5.39 Å². The monoisotopic (exact) mass is 390 g/mol. The molecule has 4 aromatic rings. The maximum atomic E-state index is 11.1. The molecule has 0 saturated heterocycles. The van der Waals surface area contributed by atoms with E-state index >= 15 is 0 Å². The Hall–Kier alpha value is -3.38. The molecule has 0 radical (unpaired) electrons. The van der Waals surface area contributed by atoms with Gasteiger partial charge in [0.25, 0.3) is 0 Å². The van der Waals surface area contributed by atoms with E-state index in [2.05, 4.69) is 12.1 Å². The summed E-state index contributed by atoms with van der Waals surface area (Å²) < 4.78 is 13.3. The molecule has 6 heteroatoms. The van der Waals surface area contributed by atoms with Gasteiger partial charge >= 0.3 is 5.97 Å². The molecule has 0 spiro atoms. The van der Waals surface area contributed by atoms with Crippen LogP contribution in [0.5, 0.6) is 0 Å². The maximum absolute atomic E-state index is 11.1. The van der Waals surface area contributed by atoms with Crippen LogP contribution in [0.15, 0.2) is 71.1 Å². The van der Waals surface area contributed by atoms with Crippen molar-refractivity contribution in [3.63, 3.8) is 0 Å². The zero-order valence-corrected chi connectivity index (χ0v) is 16.1. The highest BCUT2D eigenvalue weighted by molar-refractivity contribution is 5.92. The highest BCUT2D eigenvalue weighted by Gasteiger charge is 2.18. The maximum Gasteiger partial charge on any atom is 0.332 e. The molecule has 0 aliphatic heterocycles. The SMILES string of the molecule is CCC(OCc1ccc(-c2nn(Cc3ccccc3)c3ccccc23)o1)C(=O)O. The summed E-state index contributed by atoms with van der Waals surface area (Å²) in [5.74, 6) is 0.237. The molecule has 6 nitrogen and oxygen atoms in total. The molecule has 29 heavy (non-hydrogen) atoms. The summed E-state index contributed by atoms with van der Waals surface area (Å²) >= 11 is 0. The van der Waals surface area contributed by atoms with E-state index in [4.69, 9.17) is 19.4 Å². The van der Waals surface area contributed by atoms with Crippen LogP contribution in [0.3, 0.4) is 0 Å². The van der Waals surface area contributed by atoms with E-state index in [1.54, 1.807) is 13.0 Å². The molecular formula is C23H22N2O4. The van der Waals surface area contributed by atoms with E-state index < -0.39 is 12.1 Å². The number of benzene rings is 2. The van der Waals surface area contributed by atoms with Crippen molar-refractivity contribution in [3.8, 4) is 11.5 Å². The van der Waals surface area contributed by atoms with E-state index in [9.17, 15) is 4.79 Å². The molecule has 2 aromatic heterocycles. The Labute approximate surface area is 168 Å². The molecule has 1 atom stereocenters. The van der Waals surface area contributed by atoms with Crippen LogP contribution in [0, 0.1) is 0 Å². The number of aliphatic carboxylic acids is 1. The topological polar surface area (TPSA) is 77.5 Å². The zero-order valence-electron chi connectivity index (χ0n) is 16.1. The molecule has 2 aromatic carbocycles. The highest BCUT2D eigenvalue weighted by Crippen LogP contribution is 2.30. The fraction of sp³-hybridized carbons (Fsp3) is 0.217. The van der Waals surface area contributed by atoms with Crippen molar-refractivity contribution in [2.75, 3.05) is 0 Å². The van der Waals surface area contributed by atoms with Crippen LogP contribution in [-0.2, 0) is 22.7 Å². The Kier molecular flexibility index (Phi) is 5.44. The first kappa shape index (κ1) is 19.0. The number of fused-ring (bicyclic) bond motifs is 1. The van der Waals surface area contributed by atoms with Gasteiger partial charge < -0.3 is 14.3 Å². The summed E-state index contributed by atoms with van der Waals surface area (Å²) in [6, 6.07) is 21.9. The number of nitrogens with zero attached hydrogens (tertiary/aromatic N) is 2. The number of ether oxygens (including phenoxy) is 1. The smallest absolute Gasteiger partial charge is 0.332 e. The lowest BCUT2D eigenvalue weighted by Gasteiger charge is -2.09. The number of para-hydroxylation sites is 1. The summed E-state index contributed by atoms with van der Waals surface area (Å²) in [5.41, 5.74) is 2.95. The predicted molar refractivity (Wildman–Crippen MR) is 109 cm³/mol. The lowest BCUT2D eigenvalue weighted by atomic mass is 10.2. The van der Waals surface area contributed by atoms with Crippen molar-refractivity contribution < 1.29 is 19.1 Å². The second-order valence-electron chi connectivity index (χ2n) is 6.82. The number of aromatic nitrogens is 2. The molecule has 148 valence electrons. The molecule has 4 rings (SSSR count). The molecule has 0 aliphatic carbocycles. The van der Waals surface area contributed by atoms with Crippen molar-refractivity contribution >= 4 is 16.9 Å². The van der Waals surface area contributed by atoms with E-state index in [1.807, 2.05) is 53.2 Å². The minimum atomic E-state index is -0.968. The van der Waals surface area contributed by atoms with Crippen LogP contribution in [-0.4, -0.2) is 27.0 Å². The summed E-state index contributed by atoms with van der Waals surface area (Å²) in [6.45, 7) is 2.54. The fourth-order valence-corrected chi connectivity index (χ4v) is 3.32. The molecule has 2 heterocycles. The number of carboxylic acid groups (broad SMARTS) is 1. The Morgan fingerprint density at radius 3 is 2.62 bits per heavy atom. The van der Waals surface area contributed by atoms with Crippen LogP contribution in [0.2, 0.25) is 0 Å². The van der Waals surface area contributed by atoms with Gasteiger partial charge in [0.1, 0.15) is 18.1 Å². The van der Waals surface area contributed by atoms with Crippen LogP contribution in [0.25, 0.3) is 22.4 Å². The summed E-state index contributed by atoms with van der Waals surface area (Å²) in [4.78, 5) is 11.1. The quantitative estimate of drug-likeness (QED) is 0.471. The van der Waals surface area contributed by atoms with Gasteiger partial charge in [-0.1, -0.05) is 55.5 Å². The third-order valence-electron chi connectivity index (χ3n) is 4.80. The van der Waals surface area contributed by atoms with Gasteiger partial charge in [-0.3, -0.25) is 4.68 Å². The van der Waals surface area contributed by atoms with E-state index in [0.717, 1.165) is 16.6 Å². The number of carboxylic acids is 1. The second-order valence-corrected chi connectivity index (χ2v) is 6.82. The average Bonchev–Trinajstić information content (AvgIpc) is 3.34. The molecule has 0 bridgehead atoms. The largest absolute Gasteiger partial charge is 0.479 e. The molecular weight excluding hydrogens is 368 g/mol. The highest BCUT2D eigenvalue weighted by atomic mass is 16.5. The van der Waals surface area contributed by atoms with Crippen molar-refractivity contribution in [1.29, 1.82) is 0 Å². The molecule has 0 amide bonds. The van der Waals surface area contributed by atoms with Gasteiger partial charge in [0.15, 0.2) is 11.9 Å². The second kappa shape index (κ2) is 8.32.